The monoisotopic (exact) mass is 413 g/mol. The summed E-state index contributed by atoms with van der Waals surface area (Å²) in [6, 6.07) is 8.71. The number of ether oxygens (including phenoxy) is 1. The third kappa shape index (κ3) is 4.78. The Morgan fingerprint density at radius 1 is 1.24 bits per heavy atom. The van der Waals surface area contributed by atoms with Gasteiger partial charge >= 0.3 is 5.97 Å². The lowest BCUT2D eigenvalue weighted by molar-refractivity contribution is -0.143. The molecular formula is C20H20ClN5O3. The second-order valence-electron chi connectivity index (χ2n) is 6.42. The number of Topliss-reactive ketones (excluding diaryl/α,β-unsaturated/α-hetero) is 1. The Morgan fingerprint density at radius 2 is 1.97 bits per heavy atom. The van der Waals surface area contributed by atoms with Crippen LogP contribution in [0.3, 0.4) is 0 Å². The Labute approximate surface area is 172 Å². The van der Waals surface area contributed by atoms with Crippen molar-refractivity contribution >= 4 is 23.4 Å². The fourth-order valence-electron chi connectivity index (χ4n) is 2.90. The lowest BCUT2D eigenvalue weighted by Gasteiger charge is -2.06. The normalized spacial score (nSPS) is 10.7. The molecule has 8 nitrogen and oxygen atoms in total. The molecule has 0 aliphatic rings. The summed E-state index contributed by atoms with van der Waals surface area (Å²) >= 11 is 5.86. The highest BCUT2D eigenvalue weighted by molar-refractivity contribution is 6.30. The Bertz CT molecular complexity index is 1050. The number of hydrogen-bond donors (Lipinski definition) is 0. The molecule has 3 aromatic rings. The van der Waals surface area contributed by atoms with Gasteiger partial charge in [-0.1, -0.05) is 17.7 Å². The molecule has 0 saturated heterocycles. The van der Waals surface area contributed by atoms with Crippen LogP contribution in [0.4, 0.5) is 0 Å². The van der Waals surface area contributed by atoms with E-state index in [9.17, 15) is 9.59 Å². The smallest absolute Gasteiger partial charge is 0.330 e. The first-order valence-electron chi connectivity index (χ1n) is 8.89. The molecule has 0 saturated carbocycles. The van der Waals surface area contributed by atoms with Crippen molar-refractivity contribution < 1.29 is 14.3 Å². The molecule has 2 heterocycles. The summed E-state index contributed by atoms with van der Waals surface area (Å²) in [5.74, 6) is -0.534. The van der Waals surface area contributed by atoms with Crippen LogP contribution in [0.1, 0.15) is 21.7 Å². The van der Waals surface area contributed by atoms with Crippen LogP contribution >= 0.6 is 11.6 Å². The third-order valence-electron chi connectivity index (χ3n) is 4.38. The van der Waals surface area contributed by atoms with Gasteiger partial charge in [0.1, 0.15) is 0 Å². The number of hydrogen-bond acceptors (Lipinski definition) is 6. The SMILES string of the molecule is C=CCn1c(C)cc(C(=O)COC(=O)Cn2nnc(-c3ccc(Cl)cc3)n2)c1C. The van der Waals surface area contributed by atoms with Gasteiger partial charge in [0.2, 0.25) is 11.6 Å². The predicted octanol–water partition coefficient (Wildman–Crippen LogP) is 3.02. The maximum Gasteiger partial charge on any atom is 0.330 e. The first-order chi connectivity index (χ1) is 13.9. The minimum atomic E-state index is -0.627. The van der Waals surface area contributed by atoms with Gasteiger partial charge in [-0.15, -0.1) is 16.8 Å². The van der Waals surface area contributed by atoms with E-state index in [1.807, 2.05) is 18.4 Å². The lowest BCUT2D eigenvalue weighted by Crippen LogP contribution is -2.20. The highest BCUT2D eigenvalue weighted by atomic mass is 35.5. The molecule has 9 heteroatoms. The fourth-order valence-corrected chi connectivity index (χ4v) is 3.03. The van der Waals surface area contributed by atoms with Crippen molar-refractivity contribution in [2.75, 3.05) is 6.61 Å². The number of rotatable bonds is 8. The number of tetrazole rings is 1. The zero-order valence-corrected chi connectivity index (χ0v) is 16.9. The zero-order valence-electron chi connectivity index (χ0n) is 16.1. The van der Waals surface area contributed by atoms with E-state index in [1.165, 1.54) is 0 Å². The molecule has 2 aromatic heterocycles. The lowest BCUT2D eigenvalue weighted by atomic mass is 10.1. The summed E-state index contributed by atoms with van der Waals surface area (Å²) in [7, 11) is 0. The number of nitrogens with zero attached hydrogens (tertiary/aromatic N) is 5. The van der Waals surface area contributed by atoms with Gasteiger partial charge < -0.3 is 9.30 Å². The molecule has 0 bridgehead atoms. The second-order valence-corrected chi connectivity index (χ2v) is 6.85. The summed E-state index contributed by atoms with van der Waals surface area (Å²) < 4.78 is 7.06. The van der Waals surface area contributed by atoms with E-state index in [-0.39, 0.29) is 18.9 Å². The van der Waals surface area contributed by atoms with Gasteiger partial charge in [0.05, 0.1) is 0 Å². The van der Waals surface area contributed by atoms with Crippen LogP contribution in [0.15, 0.2) is 43.0 Å². The Morgan fingerprint density at radius 3 is 2.66 bits per heavy atom. The molecule has 1 aromatic carbocycles. The quantitative estimate of drug-likeness (QED) is 0.320. The number of benzene rings is 1. The number of carbonyl (C=O) groups is 2. The average Bonchev–Trinajstić information content (AvgIpc) is 3.27. The molecule has 3 rings (SSSR count). The van der Waals surface area contributed by atoms with E-state index in [0.29, 0.717) is 23.0 Å². The van der Waals surface area contributed by atoms with Crippen molar-refractivity contribution in [2.45, 2.75) is 26.9 Å². The number of carbonyl (C=O) groups excluding carboxylic acids is 2. The first-order valence-corrected chi connectivity index (χ1v) is 9.27. The maximum atomic E-state index is 12.4. The predicted molar refractivity (Wildman–Crippen MR) is 108 cm³/mol. The molecular weight excluding hydrogens is 394 g/mol. The number of halogens is 1. The highest BCUT2D eigenvalue weighted by Crippen LogP contribution is 2.17. The zero-order chi connectivity index (χ0) is 21.0. The van der Waals surface area contributed by atoms with Gasteiger partial charge in [-0.25, -0.2) is 4.79 Å². The molecule has 0 unspecified atom stereocenters. The number of ketones is 1. The maximum absolute atomic E-state index is 12.4. The molecule has 0 amide bonds. The largest absolute Gasteiger partial charge is 0.456 e. The van der Waals surface area contributed by atoms with E-state index in [4.69, 9.17) is 16.3 Å². The van der Waals surface area contributed by atoms with E-state index in [2.05, 4.69) is 22.0 Å². The van der Waals surface area contributed by atoms with Crippen molar-refractivity contribution in [3.05, 3.63) is 65.0 Å². The van der Waals surface area contributed by atoms with Crippen LogP contribution in [-0.2, 0) is 22.6 Å². The van der Waals surface area contributed by atoms with Crippen LogP contribution in [0.5, 0.6) is 0 Å². The fraction of sp³-hybridized carbons (Fsp3) is 0.250. The minimum absolute atomic E-state index is 0.247. The molecule has 0 aliphatic heterocycles. The van der Waals surface area contributed by atoms with E-state index in [0.717, 1.165) is 21.7 Å². The molecule has 0 radical (unpaired) electrons. The van der Waals surface area contributed by atoms with Crippen LogP contribution in [0.2, 0.25) is 5.02 Å². The van der Waals surface area contributed by atoms with Gasteiger partial charge in [-0.3, -0.25) is 4.79 Å². The van der Waals surface area contributed by atoms with Crippen molar-refractivity contribution in [3.63, 3.8) is 0 Å². The summed E-state index contributed by atoms with van der Waals surface area (Å²) in [5, 5.41) is 12.5. The Balaban J connectivity index is 1.58. The molecule has 0 atom stereocenters. The number of aromatic nitrogens is 5. The molecule has 150 valence electrons. The van der Waals surface area contributed by atoms with Gasteiger partial charge in [0.15, 0.2) is 13.2 Å². The van der Waals surface area contributed by atoms with E-state index in [1.54, 1.807) is 36.4 Å². The minimum Gasteiger partial charge on any atom is -0.456 e. The van der Waals surface area contributed by atoms with Gasteiger partial charge in [0.25, 0.3) is 0 Å². The van der Waals surface area contributed by atoms with E-state index < -0.39 is 5.97 Å². The number of allylic oxidation sites excluding steroid dienone is 1. The van der Waals surface area contributed by atoms with Crippen molar-refractivity contribution in [2.24, 2.45) is 0 Å². The molecule has 0 aliphatic carbocycles. The van der Waals surface area contributed by atoms with Gasteiger partial charge in [0, 0.05) is 34.1 Å². The molecule has 0 fully saturated rings. The molecule has 0 spiro atoms. The standard InChI is InChI=1S/C20H20ClN5O3/c1-4-9-25-13(2)10-17(14(25)3)18(27)12-29-19(28)11-26-23-20(22-24-26)15-5-7-16(21)8-6-15/h4-8,10H,1,9,11-12H2,2-3H3. The van der Waals surface area contributed by atoms with Gasteiger partial charge in [-0.05, 0) is 49.4 Å². The Hall–Kier alpha value is -3.26. The van der Waals surface area contributed by atoms with Crippen LogP contribution in [0, 0.1) is 13.8 Å². The highest BCUT2D eigenvalue weighted by Gasteiger charge is 2.17. The third-order valence-corrected chi connectivity index (χ3v) is 4.63. The van der Waals surface area contributed by atoms with Crippen molar-refractivity contribution in [1.82, 2.24) is 24.8 Å². The van der Waals surface area contributed by atoms with Crippen LogP contribution in [0.25, 0.3) is 11.4 Å². The molecule has 29 heavy (non-hydrogen) atoms. The average molecular weight is 414 g/mol. The number of aryl methyl sites for hydroxylation is 1. The second kappa shape index (κ2) is 8.83. The summed E-state index contributed by atoms with van der Waals surface area (Å²) in [6.45, 7) is 7.49. The number of esters is 1. The van der Waals surface area contributed by atoms with Crippen LogP contribution in [-0.4, -0.2) is 43.1 Å². The first kappa shape index (κ1) is 20.5. The van der Waals surface area contributed by atoms with E-state index >= 15 is 0 Å². The summed E-state index contributed by atoms with van der Waals surface area (Å²) in [5.41, 5.74) is 3.01. The van der Waals surface area contributed by atoms with Gasteiger partial charge in [-0.2, -0.15) is 4.80 Å². The van der Waals surface area contributed by atoms with Crippen LogP contribution < -0.4 is 0 Å². The Kier molecular flexibility index (Phi) is 6.23. The van der Waals surface area contributed by atoms with Crippen molar-refractivity contribution in [3.8, 4) is 11.4 Å². The summed E-state index contributed by atoms with van der Waals surface area (Å²) in [4.78, 5) is 25.6. The van der Waals surface area contributed by atoms with Crippen molar-refractivity contribution in [1.29, 1.82) is 0 Å². The topological polar surface area (TPSA) is 91.9 Å². The summed E-state index contributed by atoms with van der Waals surface area (Å²) in [6.07, 6.45) is 1.76. The molecule has 0 N–H and O–H groups in total.